The van der Waals surface area contributed by atoms with Gasteiger partial charge in [-0.15, -0.1) is 0 Å². The first kappa shape index (κ1) is 21.4. The third-order valence-corrected chi connectivity index (χ3v) is 5.80. The molecule has 2 aromatic rings. The van der Waals surface area contributed by atoms with Crippen molar-refractivity contribution in [3.8, 4) is 0 Å². The van der Waals surface area contributed by atoms with Crippen molar-refractivity contribution in [2.24, 2.45) is 5.92 Å². The predicted molar refractivity (Wildman–Crippen MR) is 113 cm³/mol. The summed E-state index contributed by atoms with van der Waals surface area (Å²) in [5, 5.41) is 16.0. The first-order chi connectivity index (χ1) is 14.0. The van der Waals surface area contributed by atoms with Gasteiger partial charge in [-0.05, 0) is 43.3 Å². The van der Waals surface area contributed by atoms with Crippen LogP contribution >= 0.6 is 12.2 Å². The molecule has 1 fully saturated rings. The van der Waals surface area contributed by atoms with Crippen molar-refractivity contribution >= 4 is 23.2 Å². The summed E-state index contributed by atoms with van der Waals surface area (Å²) >= 11 is 5.41. The fourth-order valence-electron chi connectivity index (χ4n) is 4.08. The van der Waals surface area contributed by atoms with E-state index in [1.165, 1.54) is 6.07 Å². The second-order valence-corrected chi connectivity index (χ2v) is 7.65. The molecule has 1 saturated carbocycles. The number of methoxy groups -OCH3 is 1. The van der Waals surface area contributed by atoms with E-state index in [4.69, 9.17) is 17.0 Å². The molecule has 3 atom stereocenters. The highest BCUT2D eigenvalue weighted by Gasteiger charge is 2.47. The van der Waals surface area contributed by atoms with Crippen molar-refractivity contribution in [3.63, 3.8) is 0 Å². The van der Waals surface area contributed by atoms with Crippen molar-refractivity contribution < 1.29 is 19.0 Å². The van der Waals surface area contributed by atoms with E-state index in [2.05, 4.69) is 10.6 Å². The number of carbonyl (C=O) groups excluding carboxylic acids is 1. The average Bonchev–Trinajstić information content (AvgIpc) is 2.74. The Balaban J connectivity index is 1.92. The third-order valence-electron chi connectivity index (χ3n) is 5.59. The van der Waals surface area contributed by atoms with E-state index in [1.54, 1.807) is 49.6 Å². The molecule has 3 rings (SSSR count). The van der Waals surface area contributed by atoms with Crippen molar-refractivity contribution in [2.45, 2.75) is 30.9 Å². The van der Waals surface area contributed by atoms with Gasteiger partial charge in [-0.3, -0.25) is 10.1 Å². The molecule has 3 unspecified atom stereocenters. The number of amides is 1. The Kier molecular flexibility index (Phi) is 6.95. The predicted octanol–water partition coefficient (Wildman–Crippen LogP) is 3.13. The molecule has 7 heteroatoms. The number of aliphatic hydroxyl groups excluding tert-OH is 1. The number of benzene rings is 2. The Morgan fingerprint density at radius 3 is 2.55 bits per heavy atom. The van der Waals surface area contributed by atoms with Gasteiger partial charge in [-0.2, -0.15) is 0 Å². The molecule has 0 saturated heterocycles. The molecular formula is C22H25FN2O3S. The van der Waals surface area contributed by atoms with Crippen LogP contribution in [-0.4, -0.2) is 35.9 Å². The number of halogens is 1. The summed E-state index contributed by atoms with van der Waals surface area (Å²) in [4.78, 5) is 12.5. The quantitative estimate of drug-likeness (QED) is 0.654. The Hall–Kier alpha value is -2.35. The molecule has 154 valence electrons. The highest BCUT2D eigenvalue weighted by molar-refractivity contribution is 7.80. The minimum atomic E-state index is -1.000. The van der Waals surface area contributed by atoms with Crippen LogP contribution in [0.15, 0.2) is 54.6 Å². The number of aliphatic hydroxyl groups is 1. The largest absolute Gasteiger partial charge is 0.396 e. The van der Waals surface area contributed by atoms with E-state index in [9.17, 15) is 14.3 Å². The maximum absolute atomic E-state index is 14.8. The summed E-state index contributed by atoms with van der Waals surface area (Å²) in [6.45, 7) is -0.146. The summed E-state index contributed by atoms with van der Waals surface area (Å²) in [6.07, 6.45) is 1.67. The van der Waals surface area contributed by atoms with Crippen molar-refractivity contribution in [1.29, 1.82) is 0 Å². The number of hydrogen-bond acceptors (Lipinski definition) is 4. The Morgan fingerprint density at radius 1 is 1.21 bits per heavy atom. The van der Waals surface area contributed by atoms with Crippen LogP contribution in [0.4, 0.5) is 4.39 Å². The summed E-state index contributed by atoms with van der Waals surface area (Å²) in [5.74, 6) is -1.05. The molecule has 0 bridgehead atoms. The van der Waals surface area contributed by atoms with Crippen LogP contribution in [0.1, 0.15) is 35.2 Å². The number of ether oxygens (including phenoxy) is 1. The lowest BCUT2D eigenvalue weighted by molar-refractivity contribution is -0.0104. The monoisotopic (exact) mass is 416 g/mol. The molecule has 5 nitrogen and oxygen atoms in total. The second-order valence-electron chi connectivity index (χ2n) is 7.24. The summed E-state index contributed by atoms with van der Waals surface area (Å²) in [5.41, 5.74) is -0.133. The first-order valence-corrected chi connectivity index (χ1v) is 9.98. The smallest absolute Gasteiger partial charge is 0.257 e. The molecule has 0 spiro atoms. The molecule has 2 aromatic carbocycles. The second kappa shape index (κ2) is 9.43. The zero-order chi connectivity index (χ0) is 20.9. The number of rotatable bonds is 5. The molecule has 1 aliphatic rings. The standard InChI is InChI=1S/C22H25FN2O3S/c1-28-17-12-11-16(14-26)22(13-17,18-9-5-6-10-19(18)23)25-21(29)24-20(27)15-7-3-2-4-8-15/h2-10,16-17,26H,11-14H2,1H3,(H2,24,25,27,29). The molecule has 1 aliphatic carbocycles. The SMILES string of the molecule is COC1CCC(CO)C(NC(=S)NC(=O)c2ccccc2)(c2ccccc2F)C1. The van der Waals surface area contributed by atoms with Gasteiger partial charge in [0.15, 0.2) is 5.11 Å². The molecule has 0 aromatic heterocycles. The van der Waals surface area contributed by atoms with Gasteiger partial charge in [-0.1, -0.05) is 36.4 Å². The van der Waals surface area contributed by atoms with Gasteiger partial charge in [0.05, 0.1) is 11.6 Å². The first-order valence-electron chi connectivity index (χ1n) is 9.57. The highest BCUT2D eigenvalue weighted by Crippen LogP contribution is 2.43. The number of hydrogen-bond donors (Lipinski definition) is 3. The van der Waals surface area contributed by atoms with E-state index in [0.717, 1.165) is 6.42 Å². The van der Waals surface area contributed by atoms with Crippen LogP contribution in [0.5, 0.6) is 0 Å². The van der Waals surface area contributed by atoms with Crippen molar-refractivity contribution in [2.75, 3.05) is 13.7 Å². The number of carbonyl (C=O) groups is 1. The Bertz CT molecular complexity index is 864. The van der Waals surface area contributed by atoms with Crippen LogP contribution in [0, 0.1) is 11.7 Å². The van der Waals surface area contributed by atoms with E-state index in [1.807, 2.05) is 6.07 Å². The molecule has 3 N–H and O–H groups in total. The minimum absolute atomic E-state index is 0.0808. The van der Waals surface area contributed by atoms with Gasteiger partial charge >= 0.3 is 0 Å². The van der Waals surface area contributed by atoms with E-state index in [0.29, 0.717) is 24.0 Å². The average molecular weight is 417 g/mol. The molecular weight excluding hydrogens is 391 g/mol. The maximum atomic E-state index is 14.8. The van der Waals surface area contributed by atoms with Crippen LogP contribution in [-0.2, 0) is 10.3 Å². The molecule has 0 aliphatic heterocycles. The normalized spacial score (nSPS) is 24.0. The lowest BCUT2D eigenvalue weighted by Crippen LogP contribution is -2.59. The van der Waals surface area contributed by atoms with Gasteiger partial charge in [0.1, 0.15) is 5.82 Å². The minimum Gasteiger partial charge on any atom is -0.396 e. The van der Waals surface area contributed by atoms with Crippen molar-refractivity contribution in [3.05, 3.63) is 71.5 Å². The van der Waals surface area contributed by atoms with E-state index in [-0.39, 0.29) is 29.6 Å². The lowest BCUT2D eigenvalue weighted by atomic mass is 9.68. The van der Waals surface area contributed by atoms with Crippen molar-refractivity contribution in [1.82, 2.24) is 10.6 Å². The summed E-state index contributed by atoms with van der Waals surface area (Å²) in [7, 11) is 1.62. The zero-order valence-corrected chi connectivity index (χ0v) is 17.0. The summed E-state index contributed by atoms with van der Waals surface area (Å²) < 4.78 is 20.4. The van der Waals surface area contributed by atoms with Gasteiger partial charge in [0.2, 0.25) is 0 Å². The van der Waals surface area contributed by atoms with Crippen LogP contribution in [0.3, 0.4) is 0 Å². The van der Waals surface area contributed by atoms with Gasteiger partial charge in [-0.25, -0.2) is 4.39 Å². The van der Waals surface area contributed by atoms with Gasteiger partial charge < -0.3 is 15.2 Å². The third kappa shape index (κ3) is 4.63. The van der Waals surface area contributed by atoms with E-state index < -0.39 is 11.4 Å². The fourth-order valence-corrected chi connectivity index (χ4v) is 4.36. The fraction of sp³-hybridized carbons (Fsp3) is 0.364. The Morgan fingerprint density at radius 2 is 1.90 bits per heavy atom. The van der Waals surface area contributed by atoms with Crippen LogP contribution in [0.25, 0.3) is 0 Å². The molecule has 1 amide bonds. The summed E-state index contributed by atoms with van der Waals surface area (Å²) in [6, 6.07) is 15.1. The van der Waals surface area contributed by atoms with Gasteiger partial charge in [0, 0.05) is 37.2 Å². The number of thiocarbonyl (C=S) groups is 1. The maximum Gasteiger partial charge on any atom is 0.257 e. The topological polar surface area (TPSA) is 70.6 Å². The van der Waals surface area contributed by atoms with Crippen LogP contribution in [0.2, 0.25) is 0 Å². The molecule has 0 heterocycles. The Labute approximate surface area is 175 Å². The highest BCUT2D eigenvalue weighted by atomic mass is 32.1. The van der Waals surface area contributed by atoms with Gasteiger partial charge in [0.25, 0.3) is 5.91 Å². The molecule has 29 heavy (non-hydrogen) atoms. The zero-order valence-electron chi connectivity index (χ0n) is 16.2. The van der Waals surface area contributed by atoms with Crippen LogP contribution < -0.4 is 10.6 Å². The molecule has 0 radical (unpaired) electrons. The lowest BCUT2D eigenvalue weighted by Gasteiger charge is -2.47. The van der Waals surface area contributed by atoms with E-state index >= 15 is 0 Å². The number of nitrogens with one attached hydrogen (secondary N) is 2.